The second kappa shape index (κ2) is 6.61. The number of hydrogen-bond acceptors (Lipinski definition) is 2. The standard InChI is InChI=1S/C14H27NO/c16-12-9-13-7-10-15(11-8-13)14-5-3-1-2-4-6-14/h13-14,16H,1-12H2. The molecule has 0 aromatic heterocycles. The van der Waals surface area contributed by atoms with E-state index in [0.29, 0.717) is 6.61 Å². The van der Waals surface area contributed by atoms with E-state index in [2.05, 4.69) is 4.90 Å². The molecule has 0 atom stereocenters. The van der Waals surface area contributed by atoms with Crippen LogP contribution < -0.4 is 0 Å². The Bertz CT molecular complexity index is 179. The van der Waals surface area contributed by atoms with Crippen molar-refractivity contribution in [3.8, 4) is 0 Å². The van der Waals surface area contributed by atoms with Crippen LogP contribution in [0.15, 0.2) is 0 Å². The topological polar surface area (TPSA) is 23.5 Å². The van der Waals surface area contributed by atoms with Crippen molar-refractivity contribution in [2.45, 2.75) is 63.8 Å². The average molecular weight is 225 g/mol. The van der Waals surface area contributed by atoms with Crippen LogP contribution in [0, 0.1) is 5.92 Å². The van der Waals surface area contributed by atoms with E-state index in [9.17, 15) is 0 Å². The lowest BCUT2D eigenvalue weighted by Gasteiger charge is -2.37. The second-order valence-electron chi connectivity index (χ2n) is 5.64. The molecule has 2 fully saturated rings. The summed E-state index contributed by atoms with van der Waals surface area (Å²) in [4.78, 5) is 2.74. The quantitative estimate of drug-likeness (QED) is 0.747. The van der Waals surface area contributed by atoms with E-state index in [1.54, 1.807) is 0 Å². The Morgan fingerprint density at radius 2 is 1.50 bits per heavy atom. The summed E-state index contributed by atoms with van der Waals surface area (Å²) in [6, 6.07) is 0.887. The van der Waals surface area contributed by atoms with Gasteiger partial charge in [-0.1, -0.05) is 25.7 Å². The van der Waals surface area contributed by atoms with Gasteiger partial charge in [0, 0.05) is 12.6 Å². The highest BCUT2D eigenvalue weighted by Gasteiger charge is 2.25. The number of aliphatic hydroxyl groups is 1. The lowest BCUT2D eigenvalue weighted by molar-refractivity contribution is 0.110. The van der Waals surface area contributed by atoms with Crippen LogP contribution in [0.5, 0.6) is 0 Å². The van der Waals surface area contributed by atoms with Gasteiger partial charge in [-0.15, -0.1) is 0 Å². The van der Waals surface area contributed by atoms with Gasteiger partial charge in [0.25, 0.3) is 0 Å². The minimum atomic E-state index is 0.383. The fourth-order valence-corrected chi connectivity index (χ4v) is 3.41. The molecular formula is C14H27NO. The van der Waals surface area contributed by atoms with Gasteiger partial charge in [-0.05, 0) is 51.1 Å². The third kappa shape index (κ3) is 3.46. The number of piperidine rings is 1. The van der Waals surface area contributed by atoms with E-state index in [1.165, 1.54) is 64.5 Å². The minimum Gasteiger partial charge on any atom is -0.396 e. The molecule has 2 aliphatic rings. The van der Waals surface area contributed by atoms with Crippen molar-refractivity contribution in [2.75, 3.05) is 19.7 Å². The maximum Gasteiger partial charge on any atom is 0.0433 e. The molecule has 2 nitrogen and oxygen atoms in total. The molecule has 94 valence electrons. The third-order valence-corrected chi connectivity index (χ3v) is 4.53. The van der Waals surface area contributed by atoms with Crippen LogP contribution in [-0.4, -0.2) is 35.7 Å². The van der Waals surface area contributed by atoms with Gasteiger partial charge in [0.05, 0.1) is 0 Å². The van der Waals surface area contributed by atoms with Crippen molar-refractivity contribution in [1.82, 2.24) is 4.90 Å². The van der Waals surface area contributed by atoms with Crippen molar-refractivity contribution in [1.29, 1.82) is 0 Å². The summed E-state index contributed by atoms with van der Waals surface area (Å²) in [6.45, 7) is 2.96. The van der Waals surface area contributed by atoms with Crippen LogP contribution in [-0.2, 0) is 0 Å². The molecule has 1 heterocycles. The fourth-order valence-electron chi connectivity index (χ4n) is 3.41. The SMILES string of the molecule is OCCC1CCN(C2CCCCCC2)CC1. The average Bonchev–Trinajstić information content (AvgIpc) is 2.59. The smallest absolute Gasteiger partial charge is 0.0433 e. The first kappa shape index (κ1) is 12.4. The number of aliphatic hydroxyl groups excluding tert-OH is 1. The predicted octanol–water partition coefficient (Wildman–Crippen LogP) is 2.80. The van der Waals surface area contributed by atoms with Crippen LogP contribution >= 0.6 is 0 Å². The largest absolute Gasteiger partial charge is 0.396 e. The molecule has 0 unspecified atom stereocenters. The van der Waals surface area contributed by atoms with E-state index >= 15 is 0 Å². The molecule has 1 aliphatic heterocycles. The molecule has 1 aliphatic carbocycles. The molecule has 0 radical (unpaired) electrons. The summed E-state index contributed by atoms with van der Waals surface area (Å²) >= 11 is 0. The fraction of sp³-hybridized carbons (Fsp3) is 1.00. The molecule has 2 rings (SSSR count). The molecule has 16 heavy (non-hydrogen) atoms. The van der Waals surface area contributed by atoms with E-state index in [0.717, 1.165) is 18.4 Å². The molecule has 1 N–H and O–H groups in total. The highest BCUT2D eigenvalue weighted by Crippen LogP contribution is 2.27. The lowest BCUT2D eigenvalue weighted by Crippen LogP contribution is -2.41. The Balaban J connectivity index is 1.74. The maximum atomic E-state index is 8.96. The first-order chi connectivity index (χ1) is 7.90. The molecule has 0 spiro atoms. The van der Waals surface area contributed by atoms with Gasteiger partial charge in [0.1, 0.15) is 0 Å². The molecule has 1 saturated carbocycles. The van der Waals surface area contributed by atoms with Crippen molar-refractivity contribution in [3.63, 3.8) is 0 Å². The van der Waals surface area contributed by atoms with E-state index < -0.39 is 0 Å². The highest BCUT2D eigenvalue weighted by molar-refractivity contribution is 4.79. The summed E-state index contributed by atoms with van der Waals surface area (Å²) < 4.78 is 0. The summed E-state index contributed by atoms with van der Waals surface area (Å²) in [6.07, 6.45) is 12.3. The van der Waals surface area contributed by atoms with E-state index in [-0.39, 0.29) is 0 Å². The van der Waals surface area contributed by atoms with Gasteiger partial charge in [-0.2, -0.15) is 0 Å². The Labute approximate surface area is 100 Å². The summed E-state index contributed by atoms with van der Waals surface area (Å²) in [5, 5.41) is 8.96. The zero-order valence-corrected chi connectivity index (χ0v) is 10.5. The van der Waals surface area contributed by atoms with Crippen molar-refractivity contribution < 1.29 is 5.11 Å². The first-order valence-electron chi connectivity index (χ1n) is 7.25. The van der Waals surface area contributed by atoms with Crippen LogP contribution in [0.3, 0.4) is 0 Å². The van der Waals surface area contributed by atoms with Crippen LogP contribution in [0.25, 0.3) is 0 Å². The Hall–Kier alpha value is -0.0800. The number of rotatable bonds is 3. The molecule has 0 aromatic carbocycles. The number of likely N-dealkylation sites (tertiary alicyclic amines) is 1. The minimum absolute atomic E-state index is 0.383. The van der Waals surface area contributed by atoms with Crippen molar-refractivity contribution >= 4 is 0 Å². The van der Waals surface area contributed by atoms with Gasteiger partial charge < -0.3 is 10.0 Å². The first-order valence-corrected chi connectivity index (χ1v) is 7.25. The third-order valence-electron chi connectivity index (χ3n) is 4.53. The van der Waals surface area contributed by atoms with E-state index in [4.69, 9.17) is 5.11 Å². The van der Waals surface area contributed by atoms with Gasteiger partial charge in [-0.25, -0.2) is 0 Å². The predicted molar refractivity (Wildman–Crippen MR) is 67.5 cm³/mol. The van der Waals surface area contributed by atoms with Gasteiger partial charge in [0.15, 0.2) is 0 Å². The number of nitrogens with zero attached hydrogens (tertiary/aromatic N) is 1. The molecule has 2 heteroatoms. The summed E-state index contributed by atoms with van der Waals surface area (Å²) in [5.41, 5.74) is 0. The van der Waals surface area contributed by atoms with Gasteiger partial charge in [-0.3, -0.25) is 0 Å². The Kier molecular flexibility index (Phi) is 5.11. The Morgan fingerprint density at radius 1 is 0.875 bits per heavy atom. The monoisotopic (exact) mass is 225 g/mol. The van der Waals surface area contributed by atoms with Crippen LogP contribution in [0.2, 0.25) is 0 Å². The maximum absolute atomic E-state index is 8.96. The van der Waals surface area contributed by atoms with Gasteiger partial charge in [0.2, 0.25) is 0 Å². The highest BCUT2D eigenvalue weighted by atomic mass is 16.3. The second-order valence-corrected chi connectivity index (χ2v) is 5.64. The van der Waals surface area contributed by atoms with Crippen molar-refractivity contribution in [3.05, 3.63) is 0 Å². The van der Waals surface area contributed by atoms with Crippen molar-refractivity contribution in [2.24, 2.45) is 5.92 Å². The lowest BCUT2D eigenvalue weighted by atomic mass is 9.92. The molecule has 0 amide bonds. The summed E-state index contributed by atoms with van der Waals surface area (Å²) in [5.74, 6) is 0.798. The molecular weight excluding hydrogens is 198 g/mol. The van der Waals surface area contributed by atoms with Crippen LogP contribution in [0.4, 0.5) is 0 Å². The molecule has 0 aromatic rings. The van der Waals surface area contributed by atoms with Gasteiger partial charge >= 0.3 is 0 Å². The summed E-state index contributed by atoms with van der Waals surface area (Å²) in [7, 11) is 0. The van der Waals surface area contributed by atoms with E-state index in [1.807, 2.05) is 0 Å². The zero-order valence-electron chi connectivity index (χ0n) is 10.5. The Morgan fingerprint density at radius 3 is 2.06 bits per heavy atom. The normalized spacial score (nSPS) is 26.8. The van der Waals surface area contributed by atoms with Crippen LogP contribution in [0.1, 0.15) is 57.8 Å². The number of hydrogen-bond donors (Lipinski definition) is 1. The zero-order chi connectivity index (χ0) is 11.2. The molecule has 0 bridgehead atoms. The molecule has 1 saturated heterocycles.